The molecule has 1 amide bonds. The van der Waals surface area contributed by atoms with Gasteiger partial charge in [-0.1, -0.05) is 23.8 Å². The van der Waals surface area contributed by atoms with Crippen molar-refractivity contribution in [2.75, 3.05) is 0 Å². The van der Waals surface area contributed by atoms with Crippen LogP contribution in [-0.4, -0.2) is 17.0 Å². The summed E-state index contributed by atoms with van der Waals surface area (Å²) in [5, 5.41) is 11.2. The van der Waals surface area contributed by atoms with Crippen molar-refractivity contribution in [1.29, 1.82) is 0 Å². The fraction of sp³-hybridized carbons (Fsp3) is 0.231. The van der Waals surface area contributed by atoms with Crippen LogP contribution in [0, 0.1) is 13.8 Å². The summed E-state index contributed by atoms with van der Waals surface area (Å²) in [6.07, 6.45) is 1.46. The first-order valence-electron chi connectivity index (χ1n) is 5.20. The number of carboxylic acid groups (broad SMARTS) is 1. The number of benzene rings is 1. The molecule has 0 fully saturated rings. The molecule has 0 atom stereocenters. The molecule has 0 aliphatic rings. The number of amides is 1. The third kappa shape index (κ3) is 3.75. The topological polar surface area (TPSA) is 66.4 Å². The van der Waals surface area contributed by atoms with Gasteiger partial charge in [0.05, 0.1) is 0 Å². The van der Waals surface area contributed by atoms with Gasteiger partial charge in [-0.2, -0.15) is 0 Å². The van der Waals surface area contributed by atoms with E-state index in [1.807, 2.05) is 32.0 Å². The van der Waals surface area contributed by atoms with E-state index in [2.05, 4.69) is 5.32 Å². The summed E-state index contributed by atoms with van der Waals surface area (Å²) < 4.78 is 0. The van der Waals surface area contributed by atoms with Crippen LogP contribution < -0.4 is 5.32 Å². The highest BCUT2D eigenvalue weighted by Gasteiger charge is 2.09. The first kappa shape index (κ1) is 13.0. The molecule has 0 aromatic heterocycles. The monoisotopic (exact) mass is 233 g/mol. The van der Waals surface area contributed by atoms with Crippen LogP contribution in [-0.2, 0) is 9.59 Å². The number of carboxylic acids is 1. The predicted octanol–water partition coefficient (Wildman–Crippen LogP) is 1.87. The van der Waals surface area contributed by atoms with E-state index < -0.39 is 11.9 Å². The SMILES string of the molecule is CC(=O)N/C(=C/c1ccc(C)cc1C)C(=O)O. The minimum Gasteiger partial charge on any atom is -0.477 e. The maximum atomic E-state index is 10.9. The van der Waals surface area contributed by atoms with Crippen LogP contribution in [0.3, 0.4) is 0 Å². The lowest BCUT2D eigenvalue weighted by Gasteiger charge is -2.06. The second kappa shape index (κ2) is 5.30. The molecule has 0 saturated carbocycles. The zero-order chi connectivity index (χ0) is 13.0. The van der Waals surface area contributed by atoms with E-state index in [-0.39, 0.29) is 5.70 Å². The fourth-order valence-electron chi connectivity index (χ4n) is 1.48. The second-order valence-electron chi connectivity index (χ2n) is 3.90. The maximum Gasteiger partial charge on any atom is 0.352 e. The molecule has 4 nitrogen and oxygen atoms in total. The van der Waals surface area contributed by atoms with Crippen molar-refractivity contribution in [1.82, 2.24) is 5.32 Å². The zero-order valence-corrected chi connectivity index (χ0v) is 10.1. The molecule has 0 unspecified atom stereocenters. The van der Waals surface area contributed by atoms with Gasteiger partial charge in [-0.25, -0.2) is 4.79 Å². The van der Waals surface area contributed by atoms with E-state index >= 15 is 0 Å². The molecule has 0 bridgehead atoms. The van der Waals surface area contributed by atoms with E-state index in [1.165, 1.54) is 13.0 Å². The third-order valence-corrected chi connectivity index (χ3v) is 2.27. The zero-order valence-electron chi connectivity index (χ0n) is 10.1. The Balaban J connectivity index is 3.12. The molecule has 4 heteroatoms. The first-order chi connectivity index (χ1) is 7.90. The van der Waals surface area contributed by atoms with Crippen molar-refractivity contribution >= 4 is 18.0 Å². The van der Waals surface area contributed by atoms with Gasteiger partial charge >= 0.3 is 5.97 Å². The van der Waals surface area contributed by atoms with Gasteiger partial charge in [0, 0.05) is 6.92 Å². The molecule has 17 heavy (non-hydrogen) atoms. The minimum absolute atomic E-state index is 0.121. The highest BCUT2D eigenvalue weighted by Crippen LogP contribution is 2.13. The van der Waals surface area contributed by atoms with E-state index in [4.69, 9.17) is 5.11 Å². The van der Waals surface area contributed by atoms with Gasteiger partial charge in [-0.3, -0.25) is 4.79 Å². The fourth-order valence-corrected chi connectivity index (χ4v) is 1.48. The van der Waals surface area contributed by atoms with Gasteiger partial charge in [0.1, 0.15) is 5.70 Å². The number of hydrogen-bond donors (Lipinski definition) is 2. The average molecular weight is 233 g/mol. The van der Waals surface area contributed by atoms with E-state index in [1.54, 1.807) is 0 Å². The molecular weight excluding hydrogens is 218 g/mol. The Kier molecular flexibility index (Phi) is 4.04. The van der Waals surface area contributed by atoms with Gasteiger partial charge in [0.15, 0.2) is 0 Å². The molecule has 1 aromatic rings. The van der Waals surface area contributed by atoms with Crippen molar-refractivity contribution in [2.24, 2.45) is 0 Å². The highest BCUT2D eigenvalue weighted by molar-refractivity contribution is 5.96. The number of rotatable bonds is 3. The summed E-state index contributed by atoms with van der Waals surface area (Å²) in [4.78, 5) is 21.8. The quantitative estimate of drug-likeness (QED) is 0.783. The van der Waals surface area contributed by atoms with Gasteiger partial charge in [0.2, 0.25) is 5.91 Å². The predicted molar refractivity (Wildman–Crippen MR) is 65.3 cm³/mol. The Morgan fingerprint density at radius 3 is 2.41 bits per heavy atom. The van der Waals surface area contributed by atoms with E-state index in [9.17, 15) is 9.59 Å². The van der Waals surface area contributed by atoms with Gasteiger partial charge in [-0.05, 0) is 31.1 Å². The Morgan fingerprint density at radius 1 is 1.29 bits per heavy atom. The third-order valence-electron chi connectivity index (χ3n) is 2.27. The number of nitrogens with one attached hydrogen (secondary N) is 1. The van der Waals surface area contributed by atoms with Crippen molar-refractivity contribution in [3.8, 4) is 0 Å². The van der Waals surface area contributed by atoms with Gasteiger partial charge in [-0.15, -0.1) is 0 Å². The molecule has 0 radical (unpaired) electrons. The smallest absolute Gasteiger partial charge is 0.352 e. The molecule has 90 valence electrons. The van der Waals surface area contributed by atoms with Gasteiger partial charge < -0.3 is 10.4 Å². The number of hydrogen-bond acceptors (Lipinski definition) is 2. The maximum absolute atomic E-state index is 10.9. The van der Waals surface area contributed by atoms with Crippen LogP contribution in [0.15, 0.2) is 23.9 Å². The highest BCUT2D eigenvalue weighted by atomic mass is 16.4. The summed E-state index contributed by atoms with van der Waals surface area (Å²) in [5.41, 5.74) is 2.73. The summed E-state index contributed by atoms with van der Waals surface area (Å²) in [7, 11) is 0. The molecule has 0 aliphatic carbocycles. The molecule has 0 heterocycles. The molecule has 0 aliphatic heterocycles. The second-order valence-corrected chi connectivity index (χ2v) is 3.90. The molecular formula is C13H15NO3. The lowest BCUT2D eigenvalue weighted by molar-refractivity contribution is -0.134. The Bertz CT molecular complexity index is 489. The largest absolute Gasteiger partial charge is 0.477 e. The molecule has 2 N–H and O–H groups in total. The normalized spacial score (nSPS) is 11.1. The Labute approximate surface area is 100.0 Å². The van der Waals surface area contributed by atoms with Crippen LogP contribution >= 0.6 is 0 Å². The Hall–Kier alpha value is -2.10. The number of carbonyl (C=O) groups is 2. The lowest BCUT2D eigenvalue weighted by Crippen LogP contribution is -2.24. The van der Waals surface area contributed by atoms with Crippen LogP contribution in [0.4, 0.5) is 0 Å². The summed E-state index contributed by atoms with van der Waals surface area (Å²) >= 11 is 0. The number of aliphatic carboxylic acids is 1. The van der Waals surface area contributed by atoms with Crippen molar-refractivity contribution < 1.29 is 14.7 Å². The van der Waals surface area contributed by atoms with Crippen LogP contribution in [0.5, 0.6) is 0 Å². The van der Waals surface area contributed by atoms with Crippen LogP contribution in [0.2, 0.25) is 0 Å². The van der Waals surface area contributed by atoms with Gasteiger partial charge in [0.25, 0.3) is 0 Å². The molecule has 0 saturated heterocycles. The van der Waals surface area contributed by atoms with E-state index in [0.717, 1.165) is 16.7 Å². The summed E-state index contributed by atoms with van der Waals surface area (Å²) in [6, 6.07) is 5.68. The van der Waals surface area contributed by atoms with Crippen molar-refractivity contribution in [3.05, 3.63) is 40.6 Å². The Morgan fingerprint density at radius 2 is 1.94 bits per heavy atom. The summed E-state index contributed by atoms with van der Waals surface area (Å²) in [6.45, 7) is 5.14. The lowest BCUT2D eigenvalue weighted by atomic mass is 10.0. The summed E-state index contributed by atoms with van der Waals surface area (Å²) in [5.74, 6) is -1.55. The molecule has 1 rings (SSSR count). The first-order valence-corrected chi connectivity index (χ1v) is 5.20. The minimum atomic E-state index is -1.15. The number of carbonyl (C=O) groups excluding carboxylic acids is 1. The molecule has 0 spiro atoms. The van der Waals surface area contributed by atoms with Crippen LogP contribution in [0.1, 0.15) is 23.6 Å². The molecule has 1 aromatic carbocycles. The van der Waals surface area contributed by atoms with Crippen molar-refractivity contribution in [3.63, 3.8) is 0 Å². The average Bonchev–Trinajstić information content (AvgIpc) is 2.19. The standard InChI is InChI=1S/C13H15NO3/c1-8-4-5-11(9(2)6-8)7-12(13(16)17)14-10(3)15/h4-7H,1-3H3,(H,14,15)(H,16,17)/b12-7+. The van der Waals surface area contributed by atoms with Crippen molar-refractivity contribution in [2.45, 2.75) is 20.8 Å². The number of aryl methyl sites for hydroxylation is 2. The van der Waals surface area contributed by atoms with E-state index in [0.29, 0.717) is 0 Å². The van der Waals surface area contributed by atoms with Crippen LogP contribution in [0.25, 0.3) is 6.08 Å².